The molecule has 1 amide bonds. The van der Waals surface area contributed by atoms with Crippen LogP contribution >= 0.6 is 0 Å². The van der Waals surface area contributed by atoms with Gasteiger partial charge in [-0.25, -0.2) is 8.78 Å². The first-order valence-electron chi connectivity index (χ1n) is 11.1. The lowest BCUT2D eigenvalue weighted by Gasteiger charge is -2.23. The number of rotatable bonds is 4. The van der Waals surface area contributed by atoms with Crippen LogP contribution in [0.5, 0.6) is 0 Å². The standard InChI is InChI=1S/C24H23F2N7O2/c1-13-11-32(12-17(13)27)22-14-10-28-31(2)20(14)8-6-18(22)29-24(35)19-7-9-21(34)33(30-19)23-15(25)4-3-5-16(23)26/h3-10,13,17H,11-12,27H2,1-2H3,(H,29,35)/t13-,17+/m1/s1. The molecule has 5 rings (SSSR count). The molecule has 35 heavy (non-hydrogen) atoms. The van der Waals surface area contributed by atoms with E-state index in [1.54, 1.807) is 16.9 Å². The number of anilines is 2. The maximum atomic E-state index is 14.3. The van der Waals surface area contributed by atoms with E-state index in [1.165, 1.54) is 12.1 Å². The van der Waals surface area contributed by atoms with E-state index < -0.39 is 28.8 Å². The van der Waals surface area contributed by atoms with Crippen LogP contribution in [0.2, 0.25) is 0 Å². The minimum Gasteiger partial charge on any atom is -0.367 e. The Bertz CT molecular complexity index is 1480. The fraction of sp³-hybridized carbons (Fsp3) is 0.250. The van der Waals surface area contributed by atoms with Crippen molar-refractivity contribution in [2.24, 2.45) is 18.7 Å². The molecule has 1 aliphatic rings. The average molecular weight is 479 g/mol. The molecule has 180 valence electrons. The molecule has 1 fully saturated rings. The molecule has 0 bridgehead atoms. The zero-order valence-electron chi connectivity index (χ0n) is 19.1. The second-order valence-electron chi connectivity index (χ2n) is 8.70. The van der Waals surface area contributed by atoms with Crippen LogP contribution in [0, 0.1) is 17.6 Å². The number of aryl methyl sites for hydroxylation is 1. The first-order valence-corrected chi connectivity index (χ1v) is 11.1. The summed E-state index contributed by atoms with van der Waals surface area (Å²) >= 11 is 0. The third-order valence-corrected chi connectivity index (χ3v) is 6.32. The molecule has 0 radical (unpaired) electrons. The van der Waals surface area contributed by atoms with Crippen molar-refractivity contribution in [2.45, 2.75) is 13.0 Å². The molecule has 11 heteroatoms. The van der Waals surface area contributed by atoms with Gasteiger partial charge in [-0.15, -0.1) is 0 Å². The minimum atomic E-state index is -0.971. The van der Waals surface area contributed by atoms with E-state index in [4.69, 9.17) is 5.73 Å². The lowest BCUT2D eigenvalue weighted by atomic mass is 10.1. The highest BCUT2D eigenvalue weighted by Gasteiger charge is 2.30. The summed E-state index contributed by atoms with van der Waals surface area (Å²) in [6.07, 6.45) is 1.73. The van der Waals surface area contributed by atoms with Crippen molar-refractivity contribution >= 4 is 28.2 Å². The van der Waals surface area contributed by atoms with Gasteiger partial charge in [-0.3, -0.25) is 14.3 Å². The van der Waals surface area contributed by atoms with Crippen LogP contribution in [0.1, 0.15) is 17.4 Å². The Morgan fingerprint density at radius 3 is 2.51 bits per heavy atom. The van der Waals surface area contributed by atoms with Crippen LogP contribution in [0.4, 0.5) is 20.2 Å². The molecule has 4 aromatic rings. The number of fused-ring (bicyclic) bond motifs is 1. The van der Waals surface area contributed by atoms with Gasteiger partial charge in [0.2, 0.25) is 0 Å². The Balaban J connectivity index is 1.55. The largest absolute Gasteiger partial charge is 0.367 e. The lowest BCUT2D eigenvalue weighted by molar-refractivity contribution is 0.102. The van der Waals surface area contributed by atoms with Crippen molar-refractivity contribution in [1.82, 2.24) is 19.6 Å². The molecular formula is C24H23F2N7O2. The van der Waals surface area contributed by atoms with E-state index in [9.17, 15) is 18.4 Å². The monoisotopic (exact) mass is 479 g/mol. The number of benzene rings is 2. The molecule has 3 N–H and O–H groups in total. The van der Waals surface area contributed by atoms with Gasteiger partial charge < -0.3 is 16.0 Å². The van der Waals surface area contributed by atoms with Crippen LogP contribution in [0.3, 0.4) is 0 Å². The fourth-order valence-electron chi connectivity index (χ4n) is 4.40. The van der Waals surface area contributed by atoms with E-state index in [2.05, 4.69) is 27.3 Å². The van der Waals surface area contributed by atoms with Crippen molar-refractivity contribution in [3.8, 4) is 5.69 Å². The Morgan fingerprint density at radius 1 is 1.09 bits per heavy atom. The smallest absolute Gasteiger partial charge is 0.276 e. The van der Waals surface area contributed by atoms with Gasteiger partial charge in [0.25, 0.3) is 11.5 Å². The lowest BCUT2D eigenvalue weighted by Crippen LogP contribution is -2.29. The molecule has 0 saturated carbocycles. The summed E-state index contributed by atoms with van der Waals surface area (Å²) in [5.41, 5.74) is 6.81. The van der Waals surface area contributed by atoms with E-state index in [-0.39, 0.29) is 17.7 Å². The van der Waals surface area contributed by atoms with Crippen molar-refractivity contribution in [3.63, 3.8) is 0 Å². The van der Waals surface area contributed by atoms with Gasteiger partial charge in [0.1, 0.15) is 11.4 Å². The summed E-state index contributed by atoms with van der Waals surface area (Å²) in [6, 6.07) is 9.03. The van der Waals surface area contributed by atoms with Crippen molar-refractivity contribution in [2.75, 3.05) is 23.3 Å². The zero-order chi connectivity index (χ0) is 24.9. The van der Waals surface area contributed by atoms with E-state index in [0.717, 1.165) is 34.8 Å². The van der Waals surface area contributed by atoms with Crippen molar-refractivity contribution in [1.29, 1.82) is 0 Å². The van der Waals surface area contributed by atoms with Crippen LogP contribution < -0.4 is 21.5 Å². The number of aromatic nitrogens is 4. The highest BCUT2D eigenvalue weighted by Crippen LogP contribution is 2.37. The Hall–Kier alpha value is -4.12. The second kappa shape index (κ2) is 8.58. The Morgan fingerprint density at radius 2 is 1.83 bits per heavy atom. The summed E-state index contributed by atoms with van der Waals surface area (Å²) in [7, 11) is 1.83. The van der Waals surface area contributed by atoms with Crippen molar-refractivity contribution in [3.05, 3.63) is 76.3 Å². The van der Waals surface area contributed by atoms with E-state index >= 15 is 0 Å². The third-order valence-electron chi connectivity index (χ3n) is 6.32. The van der Waals surface area contributed by atoms with Gasteiger partial charge in [-0.2, -0.15) is 14.9 Å². The molecule has 2 aromatic carbocycles. The molecule has 3 heterocycles. The molecule has 0 spiro atoms. The number of amides is 1. The number of nitrogens with one attached hydrogen (secondary N) is 1. The number of hydrogen-bond acceptors (Lipinski definition) is 6. The van der Waals surface area contributed by atoms with Crippen molar-refractivity contribution < 1.29 is 13.6 Å². The number of hydrogen-bond donors (Lipinski definition) is 2. The number of carbonyl (C=O) groups is 1. The van der Waals surface area contributed by atoms with Crippen LogP contribution in [0.15, 0.2) is 53.5 Å². The third kappa shape index (κ3) is 3.93. The molecule has 1 saturated heterocycles. The first kappa shape index (κ1) is 22.7. The number of nitrogens with zero attached hydrogens (tertiary/aromatic N) is 5. The highest BCUT2D eigenvalue weighted by atomic mass is 19.1. The summed E-state index contributed by atoms with van der Waals surface area (Å²) in [6.45, 7) is 3.38. The van der Waals surface area contributed by atoms with Crippen LogP contribution in [0.25, 0.3) is 16.6 Å². The van der Waals surface area contributed by atoms with Gasteiger partial charge in [0, 0.05) is 37.6 Å². The average Bonchev–Trinajstić information content (AvgIpc) is 3.36. The predicted molar refractivity (Wildman–Crippen MR) is 128 cm³/mol. The Kier molecular flexibility index (Phi) is 5.56. The summed E-state index contributed by atoms with van der Waals surface area (Å²) in [5, 5.41) is 12.0. The van der Waals surface area contributed by atoms with E-state index in [1.807, 2.05) is 13.1 Å². The normalized spacial score (nSPS) is 17.8. The molecule has 2 aromatic heterocycles. The fourth-order valence-corrected chi connectivity index (χ4v) is 4.40. The van der Waals surface area contributed by atoms with Gasteiger partial charge in [-0.1, -0.05) is 13.0 Å². The zero-order valence-corrected chi connectivity index (χ0v) is 19.1. The molecular weight excluding hydrogens is 456 g/mol. The SMILES string of the molecule is C[C@@H]1CN(c2c(NC(=O)c3ccc(=O)n(-c4c(F)cccc4F)n3)ccc3c2cnn3C)C[C@@H]1N. The first-order chi connectivity index (χ1) is 16.7. The summed E-state index contributed by atoms with van der Waals surface area (Å²) in [4.78, 5) is 27.6. The number of carbonyl (C=O) groups excluding carboxylic acids is 1. The maximum absolute atomic E-state index is 14.3. The molecule has 0 unspecified atom stereocenters. The van der Waals surface area contributed by atoms with Gasteiger partial charge >= 0.3 is 0 Å². The van der Waals surface area contributed by atoms with E-state index in [0.29, 0.717) is 23.5 Å². The topological polar surface area (TPSA) is 111 Å². The summed E-state index contributed by atoms with van der Waals surface area (Å²) < 4.78 is 30.8. The van der Waals surface area contributed by atoms with Crippen LogP contribution in [-0.2, 0) is 7.05 Å². The van der Waals surface area contributed by atoms with Crippen LogP contribution in [-0.4, -0.2) is 44.6 Å². The maximum Gasteiger partial charge on any atom is 0.276 e. The quantitative estimate of drug-likeness (QED) is 0.465. The van der Waals surface area contributed by atoms with Gasteiger partial charge in [0.15, 0.2) is 11.6 Å². The number of para-hydroxylation sites is 1. The highest BCUT2D eigenvalue weighted by molar-refractivity contribution is 6.08. The summed E-state index contributed by atoms with van der Waals surface area (Å²) in [5.74, 6) is -2.33. The second-order valence-corrected chi connectivity index (χ2v) is 8.70. The molecule has 0 aliphatic carbocycles. The Labute approximate surface area is 198 Å². The van der Waals surface area contributed by atoms with Gasteiger partial charge in [-0.05, 0) is 36.2 Å². The molecule has 1 aliphatic heterocycles. The molecule has 9 nitrogen and oxygen atoms in total. The molecule has 2 atom stereocenters. The predicted octanol–water partition coefficient (Wildman–Crippen LogP) is 2.43. The minimum absolute atomic E-state index is 0.0219. The van der Waals surface area contributed by atoms with Gasteiger partial charge in [0.05, 0.1) is 23.1 Å². The number of nitrogens with two attached hydrogens (primary N) is 1. The number of halogens is 2.